The van der Waals surface area contributed by atoms with E-state index < -0.39 is 5.97 Å². The highest BCUT2D eigenvalue weighted by Gasteiger charge is 2.16. The zero-order valence-electron chi connectivity index (χ0n) is 15.4. The van der Waals surface area contributed by atoms with Gasteiger partial charge >= 0.3 is 5.97 Å². The second-order valence-corrected chi connectivity index (χ2v) is 8.41. The molecule has 7 heteroatoms. The number of thioether (sulfide) groups is 2. The summed E-state index contributed by atoms with van der Waals surface area (Å²) < 4.78 is 6.27. The molecule has 0 bridgehead atoms. The van der Waals surface area contributed by atoms with Gasteiger partial charge in [0.05, 0.1) is 12.1 Å². The second kappa shape index (κ2) is 10.9. The van der Waals surface area contributed by atoms with E-state index in [2.05, 4.69) is 10.3 Å². The Morgan fingerprint density at radius 3 is 2.68 bits per heavy atom. The Balaban J connectivity index is 1.44. The van der Waals surface area contributed by atoms with Crippen LogP contribution in [0.1, 0.15) is 21.5 Å². The molecule has 1 aliphatic heterocycles. The van der Waals surface area contributed by atoms with E-state index in [1.807, 2.05) is 42.5 Å². The predicted molar refractivity (Wildman–Crippen MR) is 116 cm³/mol. The van der Waals surface area contributed by atoms with Gasteiger partial charge in [0.2, 0.25) is 0 Å². The molecule has 0 radical (unpaired) electrons. The minimum absolute atomic E-state index is 0.280. The van der Waals surface area contributed by atoms with Crippen molar-refractivity contribution in [1.29, 1.82) is 0 Å². The van der Waals surface area contributed by atoms with Gasteiger partial charge in [0, 0.05) is 18.1 Å². The van der Waals surface area contributed by atoms with Gasteiger partial charge in [-0.1, -0.05) is 72.1 Å². The van der Waals surface area contributed by atoms with Crippen LogP contribution < -0.4 is 5.32 Å². The molecule has 28 heavy (non-hydrogen) atoms. The molecule has 1 amide bonds. The third-order valence-electron chi connectivity index (χ3n) is 4.06. The van der Waals surface area contributed by atoms with Gasteiger partial charge in [-0.3, -0.25) is 9.79 Å². The summed E-state index contributed by atoms with van der Waals surface area (Å²) in [4.78, 5) is 28.8. The van der Waals surface area contributed by atoms with E-state index in [0.29, 0.717) is 17.9 Å². The number of nitrogens with zero attached hydrogens (tertiary/aromatic N) is 1. The summed E-state index contributed by atoms with van der Waals surface area (Å²) in [5, 5.41) is 2.78. The standard InChI is InChI=1S/C21H22N2O3S2/c24-19(22-11-10-16-6-2-1-3-7-16)14-26-20(25)18-9-5-4-8-17(18)15-28-21-23-12-13-27-21/h1-9H,10-15H2,(H,22,24). The van der Waals surface area contributed by atoms with Gasteiger partial charge in [0.25, 0.3) is 5.91 Å². The molecule has 0 fully saturated rings. The Morgan fingerprint density at radius 1 is 1.11 bits per heavy atom. The fraction of sp³-hybridized carbons (Fsp3) is 0.286. The lowest BCUT2D eigenvalue weighted by Crippen LogP contribution is -2.30. The van der Waals surface area contributed by atoms with Crippen molar-refractivity contribution in [3.05, 3.63) is 71.3 Å². The number of hydrogen-bond acceptors (Lipinski definition) is 6. The lowest BCUT2D eigenvalue weighted by molar-refractivity contribution is -0.124. The Kier molecular flexibility index (Phi) is 7.99. The van der Waals surface area contributed by atoms with Crippen molar-refractivity contribution in [1.82, 2.24) is 5.32 Å². The highest BCUT2D eigenvalue weighted by Crippen LogP contribution is 2.26. The first-order valence-corrected chi connectivity index (χ1v) is 11.0. The zero-order chi connectivity index (χ0) is 19.6. The van der Waals surface area contributed by atoms with Crippen LogP contribution in [0.15, 0.2) is 59.6 Å². The van der Waals surface area contributed by atoms with Crippen LogP contribution in [0.2, 0.25) is 0 Å². The summed E-state index contributed by atoms with van der Waals surface area (Å²) in [5.41, 5.74) is 2.53. The Labute approximate surface area is 173 Å². The van der Waals surface area contributed by atoms with E-state index in [0.717, 1.165) is 34.2 Å². The fourth-order valence-corrected chi connectivity index (χ4v) is 4.65. The highest BCUT2D eigenvalue weighted by molar-refractivity contribution is 8.38. The molecule has 0 aromatic heterocycles. The van der Waals surface area contributed by atoms with Gasteiger partial charge in [0.15, 0.2) is 6.61 Å². The van der Waals surface area contributed by atoms with E-state index >= 15 is 0 Å². The third kappa shape index (κ3) is 6.42. The van der Waals surface area contributed by atoms with Crippen LogP contribution in [-0.4, -0.2) is 41.7 Å². The molecule has 0 saturated carbocycles. The molecular weight excluding hydrogens is 392 g/mol. The van der Waals surface area contributed by atoms with Gasteiger partial charge in [-0.05, 0) is 23.6 Å². The maximum absolute atomic E-state index is 12.4. The van der Waals surface area contributed by atoms with Gasteiger partial charge in [-0.2, -0.15) is 0 Å². The Bertz CT molecular complexity index is 841. The number of carbonyl (C=O) groups is 2. The Hall–Kier alpha value is -2.25. The summed E-state index contributed by atoms with van der Waals surface area (Å²) in [5.74, 6) is 0.898. The van der Waals surface area contributed by atoms with Crippen molar-refractivity contribution < 1.29 is 14.3 Å². The van der Waals surface area contributed by atoms with Crippen molar-refractivity contribution in [2.24, 2.45) is 4.99 Å². The molecule has 0 aliphatic carbocycles. The highest BCUT2D eigenvalue weighted by atomic mass is 32.2. The third-order valence-corrected chi connectivity index (χ3v) is 6.36. The first-order valence-electron chi connectivity index (χ1n) is 9.08. The maximum atomic E-state index is 12.4. The number of amides is 1. The zero-order valence-corrected chi connectivity index (χ0v) is 17.1. The summed E-state index contributed by atoms with van der Waals surface area (Å²) in [6, 6.07) is 17.2. The smallest absolute Gasteiger partial charge is 0.338 e. The van der Waals surface area contributed by atoms with Crippen LogP contribution in [0.25, 0.3) is 0 Å². The maximum Gasteiger partial charge on any atom is 0.338 e. The van der Waals surface area contributed by atoms with Gasteiger partial charge in [-0.25, -0.2) is 4.79 Å². The monoisotopic (exact) mass is 414 g/mol. The SMILES string of the molecule is O=C(COC(=O)c1ccccc1CSC1=NCCS1)NCCc1ccccc1. The van der Waals surface area contributed by atoms with Crippen molar-refractivity contribution >= 4 is 39.8 Å². The minimum atomic E-state index is -0.476. The number of hydrogen-bond donors (Lipinski definition) is 1. The number of ether oxygens (including phenoxy) is 1. The van der Waals surface area contributed by atoms with E-state index in [9.17, 15) is 9.59 Å². The molecule has 0 unspecified atom stereocenters. The topological polar surface area (TPSA) is 67.8 Å². The van der Waals surface area contributed by atoms with Crippen molar-refractivity contribution in [3.8, 4) is 0 Å². The normalized spacial score (nSPS) is 13.1. The number of carbonyl (C=O) groups excluding carboxylic acids is 2. The van der Waals surface area contributed by atoms with E-state index in [-0.39, 0.29) is 12.5 Å². The number of rotatable bonds is 8. The van der Waals surface area contributed by atoms with Crippen molar-refractivity contribution in [2.45, 2.75) is 12.2 Å². The summed E-state index contributed by atoms with van der Waals surface area (Å²) >= 11 is 3.37. The molecule has 146 valence electrons. The lowest BCUT2D eigenvalue weighted by Gasteiger charge is -2.10. The Morgan fingerprint density at radius 2 is 1.89 bits per heavy atom. The average Bonchev–Trinajstić information content (AvgIpc) is 3.25. The first-order chi connectivity index (χ1) is 13.7. The summed E-state index contributed by atoms with van der Waals surface area (Å²) in [6.07, 6.45) is 0.739. The lowest BCUT2D eigenvalue weighted by atomic mass is 10.1. The van der Waals surface area contributed by atoms with E-state index in [4.69, 9.17) is 4.74 Å². The molecule has 0 spiro atoms. The first kappa shape index (κ1) is 20.5. The van der Waals surface area contributed by atoms with Crippen LogP contribution in [0.3, 0.4) is 0 Å². The quantitative estimate of drug-likeness (QED) is 0.669. The van der Waals surface area contributed by atoms with Crippen molar-refractivity contribution in [2.75, 3.05) is 25.4 Å². The second-order valence-electron chi connectivity index (χ2n) is 6.10. The molecular formula is C21H22N2O3S2. The average molecular weight is 415 g/mol. The van der Waals surface area contributed by atoms with Crippen LogP contribution >= 0.6 is 23.5 Å². The fourth-order valence-electron chi connectivity index (χ4n) is 2.64. The molecule has 1 N–H and O–H groups in total. The molecule has 1 aliphatic rings. The molecule has 0 saturated heterocycles. The molecule has 2 aromatic carbocycles. The molecule has 2 aromatic rings. The molecule has 1 heterocycles. The van der Waals surface area contributed by atoms with E-state index in [1.165, 1.54) is 0 Å². The van der Waals surface area contributed by atoms with Gasteiger partial charge in [0.1, 0.15) is 4.38 Å². The summed E-state index contributed by atoms with van der Waals surface area (Å²) in [7, 11) is 0. The van der Waals surface area contributed by atoms with Gasteiger partial charge in [-0.15, -0.1) is 0 Å². The summed E-state index contributed by atoms with van der Waals surface area (Å²) in [6.45, 7) is 1.08. The van der Waals surface area contributed by atoms with Crippen LogP contribution in [-0.2, 0) is 21.7 Å². The largest absolute Gasteiger partial charge is 0.452 e. The van der Waals surface area contributed by atoms with Crippen molar-refractivity contribution in [3.63, 3.8) is 0 Å². The minimum Gasteiger partial charge on any atom is -0.452 e. The van der Waals surface area contributed by atoms with Crippen LogP contribution in [0.5, 0.6) is 0 Å². The molecule has 0 atom stereocenters. The van der Waals surface area contributed by atoms with Crippen LogP contribution in [0, 0.1) is 0 Å². The predicted octanol–water partition coefficient (Wildman–Crippen LogP) is 3.54. The number of nitrogens with one attached hydrogen (secondary N) is 1. The van der Waals surface area contributed by atoms with Crippen LogP contribution in [0.4, 0.5) is 0 Å². The van der Waals surface area contributed by atoms with E-state index in [1.54, 1.807) is 35.7 Å². The molecule has 5 nitrogen and oxygen atoms in total. The van der Waals surface area contributed by atoms with Gasteiger partial charge < -0.3 is 10.1 Å². The number of esters is 1. The number of aliphatic imine (C=N–C) groups is 1. The molecule has 3 rings (SSSR count). The number of benzene rings is 2.